The van der Waals surface area contributed by atoms with Crippen LogP contribution < -0.4 is 10.5 Å². The van der Waals surface area contributed by atoms with Crippen LogP contribution in [0, 0.1) is 24.0 Å². The SMILES string of the molecule is Cc1cc(Oc2c(F)cc(CCOC(=N)N)cc2F)ccc1Cl. The van der Waals surface area contributed by atoms with Crippen molar-refractivity contribution in [3.8, 4) is 11.5 Å². The van der Waals surface area contributed by atoms with Crippen LogP contribution in [0.2, 0.25) is 5.02 Å². The summed E-state index contributed by atoms with van der Waals surface area (Å²) >= 11 is 5.90. The molecule has 0 amide bonds. The van der Waals surface area contributed by atoms with Gasteiger partial charge in [-0.25, -0.2) is 8.78 Å². The van der Waals surface area contributed by atoms with Crippen molar-refractivity contribution in [1.82, 2.24) is 0 Å². The molecule has 0 spiro atoms. The van der Waals surface area contributed by atoms with E-state index in [1.807, 2.05) is 0 Å². The molecule has 2 rings (SSSR count). The van der Waals surface area contributed by atoms with E-state index in [-0.39, 0.29) is 18.8 Å². The Labute approximate surface area is 137 Å². The first-order chi connectivity index (χ1) is 10.9. The van der Waals surface area contributed by atoms with Crippen LogP contribution in [0.15, 0.2) is 30.3 Å². The highest BCUT2D eigenvalue weighted by atomic mass is 35.5. The monoisotopic (exact) mass is 340 g/mol. The molecule has 0 fully saturated rings. The fourth-order valence-electron chi connectivity index (χ4n) is 1.93. The maximum absolute atomic E-state index is 14.1. The van der Waals surface area contributed by atoms with Gasteiger partial charge >= 0.3 is 0 Å². The number of aryl methyl sites for hydroxylation is 1. The minimum Gasteiger partial charge on any atom is -0.465 e. The van der Waals surface area contributed by atoms with Gasteiger partial charge in [0.05, 0.1) is 6.61 Å². The van der Waals surface area contributed by atoms with Crippen molar-refractivity contribution < 1.29 is 18.3 Å². The van der Waals surface area contributed by atoms with Gasteiger partial charge in [0, 0.05) is 11.4 Å². The lowest BCUT2D eigenvalue weighted by Crippen LogP contribution is -2.15. The molecule has 0 aliphatic heterocycles. The van der Waals surface area contributed by atoms with Crippen LogP contribution in [-0.4, -0.2) is 12.6 Å². The van der Waals surface area contributed by atoms with Gasteiger partial charge in [-0.15, -0.1) is 0 Å². The summed E-state index contributed by atoms with van der Waals surface area (Å²) in [7, 11) is 0. The predicted molar refractivity (Wildman–Crippen MR) is 84.2 cm³/mol. The number of halogens is 3. The minimum atomic E-state index is -0.824. The summed E-state index contributed by atoms with van der Waals surface area (Å²) in [5, 5.41) is 7.45. The Morgan fingerprint density at radius 2 is 1.87 bits per heavy atom. The largest absolute Gasteiger partial charge is 0.465 e. The summed E-state index contributed by atoms with van der Waals surface area (Å²) < 4.78 is 38.2. The van der Waals surface area contributed by atoms with Gasteiger partial charge in [-0.3, -0.25) is 5.41 Å². The maximum Gasteiger partial charge on any atom is 0.279 e. The normalized spacial score (nSPS) is 10.4. The molecule has 4 nitrogen and oxygen atoms in total. The number of amidine groups is 1. The quantitative estimate of drug-likeness (QED) is 0.634. The number of nitrogens with one attached hydrogen (secondary N) is 1. The second kappa shape index (κ2) is 7.28. The summed E-state index contributed by atoms with van der Waals surface area (Å²) in [5.41, 5.74) is 6.15. The molecule has 2 aromatic carbocycles. The van der Waals surface area contributed by atoms with Crippen molar-refractivity contribution in [2.45, 2.75) is 13.3 Å². The average molecular weight is 341 g/mol. The van der Waals surface area contributed by atoms with Crippen LogP contribution in [-0.2, 0) is 11.2 Å². The van der Waals surface area contributed by atoms with Crippen LogP contribution in [0.5, 0.6) is 11.5 Å². The van der Waals surface area contributed by atoms with Gasteiger partial charge < -0.3 is 15.2 Å². The van der Waals surface area contributed by atoms with Crippen LogP contribution >= 0.6 is 11.6 Å². The second-order valence-corrected chi connectivity index (χ2v) is 5.27. The predicted octanol–water partition coefficient (Wildman–Crippen LogP) is 4.17. The number of benzene rings is 2. The molecule has 23 heavy (non-hydrogen) atoms. The molecule has 0 aliphatic carbocycles. The standard InChI is InChI=1S/C16H15ClF2N2O2/c1-9-6-11(2-3-12(9)17)23-15-13(18)7-10(8-14(15)19)4-5-22-16(20)21/h2-3,6-8H,4-5H2,1H3,(H3,20,21). The molecule has 0 radical (unpaired) electrons. The van der Waals surface area contributed by atoms with E-state index in [9.17, 15) is 8.78 Å². The molecule has 0 aliphatic rings. The Balaban J connectivity index is 2.16. The second-order valence-electron chi connectivity index (χ2n) is 4.86. The van der Waals surface area contributed by atoms with Crippen molar-refractivity contribution >= 4 is 17.6 Å². The third-order valence-corrected chi connectivity index (χ3v) is 3.48. The topological polar surface area (TPSA) is 68.3 Å². The fraction of sp³-hybridized carbons (Fsp3) is 0.188. The number of nitrogens with two attached hydrogens (primary N) is 1. The molecule has 0 bridgehead atoms. The van der Waals surface area contributed by atoms with E-state index in [1.54, 1.807) is 19.1 Å². The Morgan fingerprint density at radius 1 is 1.22 bits per heavy atom. The zero-order valence-corrected chi connectivity index (χ0v) is 13.1. The number of hydrogen-bond donors (Lipinski definition) is 2. The molecule has 2 aromatic rings. The lowest BCUT2D eigenvalue weighted by molar-refractivity contribution is 0.300. The number of ether oxygens (including phenoxy) is 2. The van der Waals surface area contributed by atoms with Gasteiger partial charge in [-0.2, -0.15) is 0 Å². The molecule has 0 aromatic heterocycles. The van der Waals surface area contributed by atoms with Gasteiger partial charge in [0.15, 0.2) is 17.4 Å². The summed E-state index contributed by atoms with van der Waals surface area (Å²) in [6, 6.07) is 6.59. The first kappa shape index (κ1) is 17.0. The Bertz CT molecular complexity index is 715. The highest BCUT2D eigenvalue weighted by molar-refractivity contribution is 6.31. The third-order valence-electron chi connectivity index (χ3n) is 3.06. The molecule has 0 saturated heterocycles. The van der Waals surface area contributed by atoms with Crippen molar-refractivity contribution in [3.63, 3.8) is 0 Å². The van der Waals surface area contributed by atoms with E-state index < -0.39 is 23.4 Å². The van der Waals surface area contributed by atoms with Crippen LogP contribution in [0.25, 0.3) is 0 Å². The lowest BCUT2D eigenvalue weighted by Gasteiger charge is -2.11. The number of hydrogen-bond acceptors (Lipinski definition) is 3. The first-order valence-electron chi connectivity index (χ1n) is 6.75. The summed E-state index contributed by atoms with van der Waals surface area (Å²) in [6.07, 6.45) is 0.216. The molecular weight excluding hydrogens is 326 g/mol. The Kier molecular flexibility index (Phi) is 5.39. The highest BCUT2D eigenvalue weighted by Crippen LogP contribution is 2.30. The summed E-state index contributed by atoms with van der Waals surface area (Å²) in [5.74, 6) is -1.84. The van der Waals surface area contributed by atoms with Crippen LogP contribution in [0.3, 0.4) is 0 Å². The van der Waals surface area contributed by atoms with E-state index >= 15 is 0 Å². The zero-order valence-electron chi connectivity index (χ0n) is 12.3. The molecule has 0 atom stereocenters. The summed E-state index contributed by atoms with van der Waals surface area (Å²) in [6.45, 7) is 1.82. The first-order valence-corrected chi connectivity index (χ1v) is 7.13. The Hall–Kier alpha value is -2.34. The molecule has 3 N–H and O–H groups in total. The van der Waals surface area contributed by atoms with Gasteiger partial charge in [0.25, 0.3) is 6.02 Å². The van der Waals surface area contributed by atoms with E-state index in [0.29, 0.717) is 10.6 Å². The van der Waals surface area contributed by atoms with Gasteiger partial charge in [0.1, 0.15) is 5.75 Å². The molecule has 0 saturated carbocycles. The smallest absolute Gasteiger partial charge is 0.279 e. The lowest BCUT2D eigenvalue weighted by atomic mass is 10.1. The van der Waals surface area contributed by atoms with Crippen LogP contribution in [0.4, 0.5) is 8.78 Å². The van der Waals surface area contributed by atoms with E-state index in [4.69, 9.17) is 32.2 Å². The Morgan fingerprint density at radius 3 is 2.43 bits per heavy atom. The fourth-order valence-corrected chi connectivity index (χ4v) is 2.05. The minimum absolute atomic E-state index is 0.0603. The van der Waals surface area contributed by atoms with Crippen molar-refractivity contribution in [2.75, 3.05) is 6.61 Å². The maximum atomic E-state index is 14.1. The van der Waals surface area contributed by atoms with Crippen molar-refractivity contribution in [3.05, 3.63) is 58.1 Å². The average Bonchev–Trinajstić information content (AvgIpc) is 2.46. The van der Waals surface area contributed by atoms with Gasteiger partial charge in [-0.05, 0) is 48.4 Å². The van der Waals surface area contributed by atoms with E-state index in [0.717, 1.165) is 17.7 Å². The van der Waals surface area contributed by atoms with Crippen molar-refractivity contribution in [1.29, 1.82) is 5.41 Å². The molecule has 7 heteroatoms. The zero-order chi connectivity index (χ0) is 17.0. The van der Waals surface area contributed by atoms with Gasteiger partial charge in [-0.1, -0.05) is 11.6 Å². The third kappa shape index (κ3) is 4.56. The van der Waals surface area contributed by atoms with Crippen molar-refractivity contribution in [2.24, 2.45) is 5.73 Å². The van der Waals surface area contributed by atoms with E-state index in [2.05, 4.69) is 0 Å². The van der Waals surface area contributed by atoms with E-state index in [1.165, 1.54) is 6.07 Å². The summed E-state index contributed by atoms with van der Waals surface area (Å²) in [4.78, 5) is 0. The highest BCUT2D eigenvalue weighted by Gasteiger charge is 2.14. The molecule has 0 unspecified atom stereocenters. The molecule has 0 heterocycles. The molecular formula is C16H15ClF2N2O2. The van der Waals surface area contributed by atoms with Crippen LogP contribution in [0.1, 0.15) is 11.1 Å². The molecule has 122 valence electrons. The van der Waals surface area contributed by atoms with Gasteiger partial charge in [0.2, 0.25) is 0 Å². The number of rotatable bonds is 5.